The second-order valence-electron chi connectivity index (χ2n) is 5.12. The average Bonchev–Trinajstić information content (AvgIpc) is 3.25. The van der Waals surface area contributed by atoms with Crippen molar-refractivity contribution in [2.24, 2.45) is 0 Å². The number of ether oxygens (including phenoxy) is 1. The molecule has 0 aliphatic carbocycles. The number of nitrogens with one attached hydrogen (secondary N) is 1. The predicted molar refractivity (Wildman–Crippen MR) is 99.9 cm³/mol. The number of esters is 1. The third-order valence-corrected chi connectivity index (χ3v) is 4.90. The maximum absolute atomic E-state index is 12.2. The lowest BCUT2D eigenvalue weighted by atomic mass is 10.3. The monoisotopic (exact) mass is 410 g/mol. The van der Waals surface area contributed by atoms with Crippen molar-refractivity contribution < 1.29 is 18.7 Å². The van der Waals surface area contributed by atoms with Crippen LogP contribution in [-0.4, -0.2) is 23.5 Å². The third-order valence-electron chi connectivity index (χ3n) is 3.28. The number of aryl methyl sites for hydroxylation is 1. The highest BCUT2D eigenvalue weighted by molar-refractivity contribution is 7.15. The van der Waals surface area contributed by atoms with Gasteiger partial charge in [0.2, 0.25) is 0 Å². The smallest absolute Gasteiger partial charge is 0.358 e. The Hall–Kier alpha value is -2.35. The van der Waals surface area contributed by atoms with Gasteiger partial charge in [0, 0.05) is 4.88 Å². The van der Waals surface area contributed by atoms with E-state index in [-0.39, 0.29) is 21.4 Å². The summed E-state index contributed by atoms with van der Waals surface area (Å²) in [6.07, 6.45) is 1.52. The van der Waals surface area contributed by atoms with Gasteiger partial charge in [-0.3, -0.25) is 4.79 Å². The van der Waals surface area contributed by atoms with Gasteiger partial charge >= 0.3 is 5.97 Å². The number of rotatable bonds is 5. The molecule has 0 spiro atoms. The maximum atomic E-state index is 12.2. The van der Waals surface area contributed by atoms with Gasteiger partial charge in [-0.1, -0.05) is 29.3 Å². The zero-order valence-electron chi connectivity index (χ0n) is 13.4. The van der Waals surface area contributed by atoms with E-state index >= 15 is 0 Å². The number of benzene rings is 1. The second-order valence-corrected chi connectivity index (χ2v) is 7.14. The zero-order valence-corrected chi connectivity index (χ0v) is 15.7. The van der Waals surface area contributed by atoms with Crippen LogP contribution in [0.2, 0.25) is 10.0 Å². The number of halogens is 2. The molecule has 9 heteroatoms. The largest absolute Gasteiger partial charge is 0.462 e. The summed E-state index contributed by atoms with van der Waals surface area (Å²) >= 11 is 13.3. The fourth-order valence-corrected chi connectivity index (χ4v) is 3.44. The van der Waals surface area contributed by atoms with Crippen LogP contribution in [0.25, 0.3) is 10.8 Å². The van der Waals surface area contributed by atoms with Gasteiger partial charge in [0.05, 0.1) is 22.0 Å². The minimum Gasteiger partial charge on any atom is -0.462 e. The number of amides is 1. The summed E-state index contributed by atoms with van der Waals surface area (Å²) in [6.45, 7) is 1.25. The Kier molecular flexibility index (Phi) is 5.61. The Morgan fingerprint density at radius 2 is 1.96 bits per heavy atom. The highest BCUT2D eigenvalue weighted by Crippen LogP contribution is 2.30. The molecular formula is C17H12Cl2N2O4S. The van der Waals surface area contributed by atoms with Crippen LogP contribution < -0.4 is 5.32 Å². The summed E-state index contributed by atoms with van der Waals surface area (Å²) in [5.41, 5.74) is 0.409. The number of hydrogen-bond acceptors (Lipinski definition) is 6. The van der Waals surface area contributed by atoms with Crippen molar-refractivity contribution >= 4 is 52.1 Å². The van der Waals surface area contributed by atoms with Crippen molar-refractivity contribution in [3.05, 3.63) is 57.2 Å². The molecule has 1 amide bonds. The first-order valence-corrected chi connectivity index (χ1v) is 8.95. The van der Waals surface area contributed by atoms with Crippen LogP contribution in [0.4, 0.5) is 5.69 Å². The van der Waals surface area contributed by atoms with Gasteiger partial charge in [0.15, 0.2) is 23.1 Å². The van der Waals surface area contributed by atoms with E-state index in [1.165, 1.54) is 17.6 Å². The molecular weight excluding hydrogens is 399 g/mol. The molecule has 0 unspecified atom stereocenters. The number of furan rings is 1. The molecule has 0 bridgehead atoms. The van der Waals surface area contributed by atoms with Crippen molar-refractivity contribution in [1.82, 2.24) is 4.98 Å². The van der Waals surface area contributed by atoms with Crippen LogP contribution in [0.3, 0.4) is 0 Å². The van der Waals surface area contributed by atoms with Crippen molar-refractivity contribution in [2.45, 2.75) is 6.92 Å². The first-order chi connectivity index (χ1) is 12.5. The minimum absolute atomic E-state index is 0.143. The van der Waals surface area contributed by atoms with Crippen molar-refractivity contribution in [2.75, 3.05) is 11.9 Å². The number of nitrogens with zero attached hydrogens (tertiary/aromatic N) is 1. The van der Waals surface area contributed by atoms with E-state index in [0.29, 0.717) is 15.6 Å². The van der Waals surface area contributed by atoms with Crippen LogP contribution in [0.5, 0.6) is 0 Å². The summed E-state index contributed by atoms with van der Waals surface area (Å²) in [5.74, 6) is -0.701. The standard InChI is InChI=1S/C17H12Cl2N2O4S/c1-9-14(21-16(26-9)12-6-3-7-24-12)17(23)25-8-13(22)20-15-10(18)4-2-5-11(15)19/h2-7H,8H2,1H3,(H,20,22). The molecule has 2 aromatic heterocycles. The zero-order chi connectivity index (χ0) is 18.7. The first-order valence-electron chi connectivity index (χ1n) is 7.38. The molecule has 0 aliphatic rings. The Labute approximate surface area is 162 Å². The van der Waals surface area contributed by atoms with E-state index < -0.39 is 18.5 Å². The summed E-state index contributed by atoms with van der Waals surface area (Å²) in [4.78, 5) is 29.1. The number of thiazole rings is 1. The molecule has 1 N–H and O–H groups in total. The number of anilines is 1. The van der Waals surface area contributed by atoms with E-state index in [0.717, 1.165) is 0 Å². The molecule has 0 saturated heterocycles. The van der Waals surface area contributed by atoms with Crippen molar-refractivity contribution in [3.63, 3.8) is 0 Å². The molecule has 3 aromatic rings. The highest BCUT2D eigenvalue weighted by atomic mass is 35.5. The summed E-state index contributed by atoms with van der Waals surface area (Å²) in [6, 6.07) is 8.30. The number of carbonyl (C=O) groups is 2. The van der Waals surface area contributed by atoms with Crippen LogP contribution in [-0.2, 0) is 9.53 Å². The minimum atomic E-state index is -0.697. The van der Waals surface area contributed by atoms with E-state index in [2.05, 4.69) is 10.3 Å². The molecule has 1 aromatic carbocycles. The summed E-state index contributed by atoms with van der Waals surface area (Å²) < 4.78 is 10.3. The molecule has 134 valence electrons. The molecule has 26 heavy (non-hydrogen) atoms. The van der Waals surface area contributed by atoms with Gasteiger partial charge in [0.25, 0.3) is 5.91 Å². The Bertz CT molecular complexity index is 934. The van der Waals surface area contributed by atoms with Gasteiger partial charge < -0.3 is 14.5 Å². The maximum Gasteiger partial charge on any atom is 0.358 e. The molecule has 3 rings (SSSR count). The molecule has 2 heterocycles. The Morgan fingerprint density at radius 3 is 2.62 bits per heavy atom. The summed E-state index contributed by atoms with van der Waals surface area (Å²) in [5, 5.41) is 3.65. The molecule has 0 radical (unpaired) electrons. The van der Waals surface area contributed by atoms with Gasteiger partial charge in [-0.2, -0.15) is 0 Å². The van der Waals surface area contributed by atoms with Crippen LogP contribution in [0.15, 0.2) is 41.0 Å². The molecule has 0 saturated carbocycles. The quantitative estimate of drug-likeness (QED) is 0.610. The lowest BCUT2D eigenvalue weighted by Crippen LogP contribution is -2.21. The van der Waals surface area contributed by atoms with Crippen LogP contribution in [0.1, 0.15) is 15.4 Å². The average molecular weight is 411 g/mol. The van der Waals surface area contributed by atoms with Gasteiger partial charge in [-0.15, -0.1) is 11.3 Å². The lowest BCUT2D eigenvalue weighted by molar-refractivity contribution is -0.119. The van der Waals surface area contributed by atoms with Gasteiger partial charge in [-0.25, -0.2) is 9.78 Å². The topological polar surface area (TPSA) is 81.4 Å². The SMILES string of the molecule is Cc1sc(-c2ccco2)nc1C(=O)OCC(=O)Nc1c(Cl)cccc1Cl. The lowest BCUT2D eigenvalue weighted by Gasteiger charge is -2.09. The number of para-hydroxylation sites is 1. The number of aromatic nitrogens is 1. The van der Waals surface area contributed by atoms with Crippen LogP contribution in [0, 0.1) is 6.92 Å². The first kappa shape index (κ1) is 18.4. The van der Waals surface area contributed by atoms with E-state index in [4.69, 9.17) is 32.4 Å². The molecule has 6 nitrogen and oxygen atoms in total. The molecule has 0 atom stereocenters. The Morgan fingerprint density at radius 1 is 1.23 bits per heavy atom. The molecule has 0 aliphatic heterocycles. The fraction of sp³-hybridized carbons (Fsp3) is 0.118. The summed E-state index contributed by atoms with van der Waals surface area (Å²) in [7, 11) is 0. The number of carbonyl (C=O) groups excluding carboxylic acids is 2. The van der Waals surface area contributed by atoms with E-state index in [1.54, 1.807) is 37.3 Å². The normalized spacial score (nSPS) is 10.6. The van der Waals surface area contributed by atoms with Crippen molar-refractivity contribution in [3.8, 4) is 10.8 Å². The van der Waals surface area contributed by atoms with E-state index in [9.17, 15) is 9.59 Å². The van der Waals surface area contributed by atoms with Gasteiger partial charge in [0.1, 0.15) is 0 Å². The van der Waals surface area contributed by atoms with Gasteiger partial charge in [-0.05, 0) is 31.2 Å². The van der Waals surface area contributed by atoms with E-state index in [1.807, 2.05) is 0 Å². The number of hydrogen-bond donors (Lipinski definition) is 1. The third kappa shape index (κ3) is 4.07. The second kappa shape index (κ2) is 7.90. The predicted octanol–water partition coefficient (Wildman–Crippen LogP) is 4.81. The van der Waals surface area contributed by atoms with Crippen molar-refractivity contribution in [1.29, 1.82) is 0 Å². The van der Waals surface area contributed by atoms with Crippen LogP contribution >= 0.6 is 34.5 Å². The fourth-order valence-electron chi connectivity index (χ4n) is 2.08. The molecule has 0 fully saturated rings. The highest BCUT2D eigenvalue weighted by Gasteiger charge is 2.20. The Balaban J connectivity index is 1.63.